The zero-order valence-electron chi connectivity index (χ0n) is 37.4. The second-order valence-corrected chi connectivity index (χ2v) is 15.6. The summed E-state index contributed by atoms with van der Waals surface area (Å²) in [7, 11) is 1.00. The van der Waals surface area contributed by atoms with Crippen molar-refractivity contribution in [2.24, 2.45) is 0 Å². The number of carbonyl (C=O) groups excluding carboxylic acids is 3. The number of aromatic nitrogens is 8. The number of nitrogens with one attached hydrogen (secondary N) is 2. The number of hydrogen-bond acceptors (Lipinski definition) is 13. The summed E-state index contributed by atoms with van der Waals surface area (Å²) in [4.78, 5) is 70.1. The summed E-state index contributed by atoms with van der Waals surface area (Å²) in [5, 5.41) is 34.0. The molecule has 0 bridgehead atoms. The Balaban J connectivity index is 0.000000214. The molecule has 69 heavy (non-hydrogen) atoms. The molecule has 0 saturated carbocycles. The van der Waals surface area contributed by atoms with Gasteiger partial charge in [0, 0.05) is 73.0 Å². The Hall–Kier alpha value is -7.27. The normalized spacial score (nSPS) is 15.0. The van der Waals surface area contributed by atoms with Crippen LogP contribution >= 0.6 is 0 Å². The Morgan fingerprint density at radius 3 is 1.51 bits per heavy atom. The van der Waals surface area contributed by atoms with E-state index >= 15 is 0 Å². The van der Waals surface area contributed by atoms with Crippen LogP contribution in [0.4, 0.5) is 8.78 Å². The predicted octanol–water partition coefficient (Wildman–Crippen LogP) is 1.25. The minimum absolute atomic E-state index is 0. The SMILES string of the molecule is CC(=O)O[C@@H]1CCN(C(=O)c2ccc(-n3cc(-c4cc5cc(F)ccc5[nH]c4=O)nn3)cc2)C1.CO.O=C(c1ccc(-n2cc(-c3cc4cc(F)ccc4[nH]c3=O)nn2)cc1)N1CC[C@@H](O)C1.[Na+].[OH-]. The molecule has 2 amide bonds. The molecule has 350 valence electrons. The van der Waals surface area contributed by atoms with Gasteiger partial charge in [-0.05, 0) is 103 Å². The summed E-state index contributed by atoms with van der Waals surface area (Å²) in [5.74, 6) is -1.42. The van der Waals surface area contributed by atoms with E-state index in [0.29, 0.717) is 94.7 Å². The fourth-order valence-corrected chi connectivity index (χ4v) is 7.81. The molecular formula is C47H43F2N10NaO9. The van der Waals surface area contributed by atoms with E-state index in [1.165, 1.54) is 52.7 Å². The van der Waals surface area contributed by atoms with Crippen molar-refractivity contribution in [2.75, 3.05) is 33.3 Å². The Kier molecular flexibility index (Phi) is 16.5. The first-order valence-electron chi connectivity index (χ1n) is 21.0. The van der Waals surface area contributed by atoms with Crippen molar-refractivity contribution < 1.29 is 73.1 Å². The van der Waals surface area contributed by atoms with Gasteiger partial charge in [0.1, 0.15) is 29.1 Å². The summed E-state index contributed by atoms with van der Waals surface area (Å²) < 4.78 is 35.3. The molecule has 2 saturated heterocycles. The van der Waals surface area contributed by atoms with Crippen LogP contribution in [0, 0.1) is 11.6 Å². The Morgan fingerprint density at radius 2 is 1.09 bits per heavy atom. The molecule has 0 spiro atoms. The van der Waals surface area contributed by atoms with Crippen molar-refractivity contribution >= 4 is 39.6 Å². The smallest absolute Gasteiger partial charge is 0.870 e. The minimum Gasteiger partial charge on any atom is -0.870 e. The molecule has 22 heteroatoms. The zero-order chi connectivity index (χ0) is 47.4. The molecule has 0 unspecified atom stereocenters. The van der Waals surface area contributed by atoms with Gasteiger partial charge in [0.05, 0.1) is 47.5 Å². The number of rotatable bonds is 7. The summed E-state index contributed by atoms with van der Waals surface area (Å²) in [6, 6.07) is 25.1. The molecule has 0 aliphatic carbocycles. The monoisotopic (exact) mass is 952 g/mol. The van der Waals surface area contributed by atoms with Gasteiger partial charge in [0.25, 0.3) is 22.9 Å². The number of aliphatic hydroxyl groups is 2. The largest absolute Gasteiger partial charge is 1.00 e. The molecule has 10 rings (SSSR count). The van der Waals surface area contributed by atoms with Crippen LogP contribution in [-0.2, 0) is 9.53 Å². The van der Waals surface area contributed by atoms with Crippen molar-refractivity contribution in [1.82, 2.24) is 49.8 Å². The van der Waals surface area contributed by atoms with Crippen molar-refractivity contribution in [3.05, 3.63) is 153 Å². The van der Waals surface area contributed by atoms with Gasteiger partial charge in [-0.2, -0.15) is 0 Å². The van der Waals surface area contributed by atoms with Gasteiger partial charge in [0.15, 0.2) is 0 Å². The fraction of sp³-hybridized carbons (Fsp3) is 0.213. The predicted molar refractivity (Wildman–Crippen MR) is 242 cm³/mol. The van der Waals surface area contributed by atoms with Crippen LogP contribution in [0.2, 0.25) is 0 Å². The van der Waals surface area contributed by atoms with Crippen LogP contribution in [0.3, 0.4) is 0 Å². The van der Waals surface area contributed by atoms with Crippen molar-refractivity contribution in [2.45, 2.75) is 32.0 Å². The molecule has 2 fully saturated rings. The van der Waals surface area contributed by atoms with Crippen LogP contribution in [0.1, 0.15) is 40.5 Å². The molecule has 2 atom stereocenters. The molecule has 2 aliphatic rings. The number of amides is 2. The average molecular weight is 953 g/mol. The molecule has 2 aliphatic heterocycles. The number of likely N-dealkylation sites (tertiary alicyclic amines) is 2. The molecule has 5 N–H and O–H groups in total. The quantitative estimate of drug-likeness (QED) is 0.130. The van der Waals surface area contributed by atoms with Crippen molar-refractivity contribution in [3.8, 4) is 33.9 Å². The number of pyridine rings is 2. The summed E-state index contributed by atoms with van der Waals surface area (Å²) >= 11 is 0. The van der Waals surface area contributed by atoms with E-state index in [-0.39, 0.29) is 81.2 Å². The molecule has 4 aromatic carbocycles. The minimum atomic E-state index is -0.466. The van der Waals surface area contributed by atoms with Crippen LogP contribution < -0.4 is 40.7 Å². The van der Waals surface area contributed by atoms with Crippen LogP contribution in [0.25, 0.3) is 55.7 Å². The summed E-state index contributed by atoms with van der Waals surface area (Å²) in [6.07, 6.45) is 3.66. The van der Waals surface area contributed by atoms with Crippen molar-refractivity contribution in [1.29, 1.82) is 0 Å². The maximum absolute atomic E-state index is 13.6. The molecule has 6 heterocycles. The number of nitrogens with zero attached hydrogens (tertiary/aromatic N) is 8. The number of β-amino-alcohol motifs (C(OH)–C–C–N with tert-alkyl or cyclic N) is 1. The van der Waals surface area contributed by atoms with E-state index in [9.17, 15) is 37.9 Å². The van der Waals surface area contributed by atoms with Crippen LogP contribution in [0.5, 0.6) is 0 Å². The number of hydrogen-bond donors (Lipinski definition) is 4. The van der Waals surface area contributed by atoms with E-state index in [2.05, 4.69) is 30.6 Å². The number of aromatic amines is 2. The van der Waals surface area contributed by atoms with Gasteiger partial charge in [-0.15, -0.1) is 10.2 Å². The molecule has 8 aromatic rings. The second-order valence-electron chi connectivity index (χ2n) is 15.6. The van der Waals surface area contributed by atoms with Gasteiger partial charge in [-0.3, -0.25) is 24.0 Å². The number of fused-ring (bicyclic) bond motifs is 2. The van der Waals surface area contributed by atoms with Gasteiger partial charge < -0.3 is 40.2 Å². The van der Waals surface area contributed by atoms with Crippen LogP contribution in [-0.4, -0.2) is 129 Å². The summed E-state index contributed by atoms with van der Waals surface area (Å²) in [6.45, 7) is 3.14. The van der Waals surface area contributed by atoms with Gasteiger partial charge >= 0.3 is 35.5 Å². The van der Waals surface area contributed by atoms with E-state index in [0.717, 1.165) is 7.11 Å². The number of halogens is 2. The number of carbonyl (C=O) groups is 3. The van der Waals surface area contributed by atoms with E-state index in [1.54, 1.807) is 82.9 Å². The Labute approximate surface area is 412 Å². The molecule has 19 nitrogen and oxygen atoms in total. The zero-order valence-corrected chi connectivity index (χ0v) is 39.4. The number of ether oxygens (including phenoxy) is 1. The first-order chi connectivity index (χ1) is 32.3. The van der Waals surface area contributed by atoms with Gasteiger partial charge in [0.2, 0.25) is 0 Å². The second kappa shape index (κ2) is 22.2. The van der Waals surface area contributed by atoms with E-state index < -0.39 is 17.7 Å². The fourth-order valence-electron chi connectivity index (χ4n) is 7.81. The number of esters is 1. The molecule has 0 radical (unpaired) electrons. The maximum atomic E-state index is 13.6. The standard InChI is InChI=1S/C24H20FN5O4.C22H18FN5O3.CH4O.Na.H2O/c1-14(31)34-19-8-9-29(12-19)24(33)15-2-5-18(6-3-15)30-13-22(27-28-30)20-11-16-10-17(25)4-7-21(16)26-23(20)32;23-15-3-6-19-14(9-15)10-18(21(30)24-19)20-12-28(26-25-20)16-4-1-13(2-5-16)22(31)27-8-7-17(29)11-27;1-2;;/h2-7,10-11,13,19H,8-9,12H2,1H3,(H,26,32);1-6,9-10,12,17,29H,7-8,11H2,(H,24,30);2H,1H3;;1H2/q;;;+1;/p-1/t19-;17-;;;/m11.../s1. The average Bonchev–Trinajstić information content (AvgIpc) is 4.18. The number of benzene rings is 4. The van der Waals surface area contributed by atoms with Gasteiger partial charge in [-0.1, -0.05) is 10.4 Å². The first-order valence-corrected chi connectivity index (χ1v) is 21.0. The molecular weight excluding hydrogens is 910 g/mol. The third-order valence-electron chi connectivity index (χ3n) is 11.1. The third kappa shape index (κ3) is 11.5. The Bertz CT molecular complexity index is 3250. The number of H-pyrrole nitrogens is 2. The third-order valence-corrected chi connectivity index (χ3v) is 11.1. The first kappa shape index (κ1) is 51.1. The summed E-state index contributed by atoms with van der Waals surface area (Å²) in [5.41, 5.74) is 3.93. The maximum Gasteiger partial charge on any atom is 1.00 e. The number of aliphatic hydroxyl groups excluding tert-OH is 2. The van der Waals surface area contributed by atoms with E-state index in [1.807, 2.05) is 0 Å². The Morgan fingerprint density at radius 1 is 0.652 bits per heavy atom. The molecule has 4 aromatic heterocycles. The van der Waals surface area contributed by atoms with Gasteiger partial charge in [-0.25, -0.2) is 18.1 Å². The topological polar surface area (TPSA) is 265 Å². The van der Waals surface area contributed by atoms with E-state index in [4.69, 9.17) is 9.84 Å². The van der Waals surface area contributed by atoms with Crippen LogP contribution in [0.15, 0.2) is 119 Å². The van der Waals surface area contributed by atoms with Crippen molar-refractivity contribution in [3.63, 3.8) is 0 Å².